The number of carbonyl (C=O) groups excluding carboxylic acids is 1. The monoisotopic (exact) mass is 315 g/mol. The first-order valence-corrected chi connectivity index (χ1v) is 7.85. The lowest BCUT2D eigenvalue weighted by atomic mass is 10.3. The number of hydrogen-bond donors (Lipinski definition) is 1. The minimum atomic E-state index is -0.000838. The van der Waals surface area contributed by atoms with Crippen molar-refractivity contribution in [3.05, 3.63) is 36.9 Å². The molecule has 3 rings (SSSR count). The Labute approximate surface area is 135 Å². The van der Waals surface area contributed by atoms with Crippen molar-refractivity contribution in [2.45, 2.75) is 13.0 Å². The van der Waals surface area contributed by atoms with E-state index in [1.54, 1.807) is 24.7 Å². The van der Waals surface area contributed by atoms with Crippen LogP contribution >= 0.6 is 0 Å². The Morgan fingerprint density at radius 3 is 2.57 bits per heavy atom. The Balaban J connectivity index is 1.36. The summed E-state index contributed by atoms with van der Waals surface area (Å²) >= 11 is 0. The summed E-state index contributed by atoms with van der Waals surface area (Å²) in [6, 6.07) is 3.70. The lowest BCUT2D eigenvalue weighted by molar-refractivity contribution is 0.194. The average Bonchev–Trinajstić information content (AvgIpc) is 3.13. The van der Waals surface area contributed by atoms with E-state index in [0.29, 0.717) is 19.6 Å². The van der Waals surface area contributed by atoms with Crippen molar-refractivity contribution in [1.82, 2.24) is 30.0 Å². The zero-order valence-electron chi connectivity index (χ0n) is 13.0. The van der Waals surface area contributed by atoms with Gasteiger partial charge in [0.15, 0.2) is 0 Å². The summed E-state index contributed by atoms with van der Waals surface area (Å²) in [5, 5.41) is 7.10. The quantitative estimate of drug-likeness (QED) is 0.817. The molecule has 2 amide bonds. The van der Waals surface area contributed by atoms with E-state index in [0.717, 1.165) is 32.0 Å². The van der Waals surface area contributed by atoms with Gasteiger partial charge in [0, 0.05) is 64.1 Å². The van der Waals surface area contributed by atoms with Gasteiger partial charge < -0.3 is 15.1 Å². The minimum absolute atomic E-state index is 0.000838. The Hall–Kier alpha value is -2.64. The third kappa shape index (κ3) is 4.18. The molecule has 23 heavy (non-hydrogen) atoms. The van der Waals surface area contributed by atoms with Gasteiger partial charge in [0.25, 0.3) is 0 Å². The number of aryl methyl sites for hydroxylation is 1. The summed E-state index contributed by atoms with van der Waals surface area (Å²) in [5.74, 6) is 0.729. The van der Waals surface area contributed by atoms with Gasteiger partial charge in [0.05, 0.1) is 0 Å². The number of urea groups is 1. The van der Waals surface area contributed by atoms with E-state index in [9.17, 15) is 4.79 Å². The van der Waals surface area contributed by atoms with Crippen molar-refractivity contribution in [3.63, 3.8) is 0 Å². The van der Waals surface area contributed by atoms with E-state index in [-0.39, 0.29) is 6.03 Å². The molecule has 0 bridgehead atoms. The molecule has 0 unspecified atom stereocenters. The highest BCUT2D eigenvalue weighted by molar-refractivity contribution is 5.74. The molecule has 2 aromatic rings. The highest BCUT2D eigenvalue weighted by Crippen LogP contribution is 2.09. The van der Waals surface area contributed by atoms with Crippen molar-refractivity contribution in [2.24, 2.45) is 0 Å². The van der Waals surface area contributed by atoms with Crippen LogP contribution < -0.4 is 10.2 Å². The van der Waals surface area contributed by atoms with E-state index in [1.165, 1.54) is 0 Å². The topological polar surface area (TPSA) is 79.2 Å². The molecule has 1 fully saturated rings. The van der Waals surface area contributed by atoms with Crippen LogP contribution in [0.1, 0.15) is 6.42 Å². The summed E-state index contributed by atoms with van der Waals surface area (Å²) in [7, 11) is 0. The van der Waals surface area contributed by atoms with Gasteiger partial charge in [-0.2, -0.15) is 5.10 Å². The van der Waals surface area contributed by atoms with Gasteiger partial charge in [0.1, 0.15) is 0 Å². The third-order valence-electron chi connectivity index (χ3n) is 3.80. The second-order valence-electron chi connectivity index (χ2n) is 5.38. The first kappa shape index (κ1) is 15.3. The lowest BCUT2D eigenvalue weighted by Gasteiger charge is -2.34. The number of rotatable bonds is 5. The molecule has 0 saturated carbocycles. The summed E-state index contributed by atoms with van der Waals surface area (Å²) in [4.78, 5) is 24.6. The Kier molecular flexibility index (Phi) is 5.02. The van der Waals surface area contributed by atoms with Crippen LogP contribution in [0.2, 0.25) is 0 Å². The number of nitrogens with one attached hydrogen (secondary N) is 1. The van der Waals surface area contributed by atoms with E-state index >= 15 is 0 Å². The molecule has 1 N–H and O–H groups in total. The van der Waals surface area contributed by atoms with Crippen molar-refractivity contribution >= 4 is 12.0 Å². The Morgan fingerprint density at radius 1 is 1.09 bits per heavy atom. The molecule has 0 atom stereocenters. The van der Waals surface area contributed by atoms with Crippen LogP contribution in [-0.2, 0) is 6.54 Å². The van der Waals surface area contributed by atoms with Crippen LogP contribution in [0.25, 0.3) is 0 Å². The normalized spacial score (nSPS) is 14.8. The predicted molar refractivity (Wildman–Crippen MR) is 86.1 cm³/mol. The van der Waals surface area contributed by atoms with E-state index in [2.05, 4.69) is 25.3 Å². The highest BCUT2D eigenvalue weighted by atomic mass is 16.2. The van der Waals surface area contributed by atoms with E-state index in [1.807, 2.05) is 21.8 Å². The van der Waals surface area contributed by atoms with Crippen LogP contribution in [0.15, 0.2) is 36.9 Å². The molecule has 3 heterocycles. The van der Waals surface area contributed by atoms with Gasteiger partial charge in [-0.3, -0.25) is 4.68 Å². The zero-order valence-corrected chi connectivity index (χ0v) is 13.0. The molecule has 0 radical (unpaired) electrons. The van der Waals surface area contributed by atoms with E-state index < -0.39 is 0 Å². The number of piperazine rings is 1. The van der Waals surface area contributed by atoms with Crippen molar-refractivity contribution in [3.8, 4) is 0 Å². The van der Waals surface area contributed by atoms with Crippen molar-refractivity contribution in [2.75, 3.05) is 37.6 Å². The minimum Gasteiger partial charge on any atom is -0.338 e. The second-order valence-corrected chi connectivity index (χ2v) is 5.38. The second kappa shape index (κ2) is 7.57. The standard InChI is InChI=1S/C15H21N7O/c23-15(18-6-2-8-22-9-3-7-19-22)21-12-10-20(11-13-21)14-16-4-1-5-17-14/h1,3-5,7,9H,2,6,8,10-13H2,(H,18,23). The Morgan fingerprint density at radius 2 is 1.87 bits per heavy atom. The zero-order chi connectivity index (χ0) is 15.9. The van der Waals surface area contributed by atoms with Crippen LogP contribution in [0.3, 0.4) is 0 Å². The molecular weight excluding hydrogens is 294 g/mol. The van der Waals surface area contributed by atoms with Crippen molar-refractivity contribution < 1.29 is 4.79 Å². The van der Waals surface area contributed by atoms with Crippen LogP contribution in [0.5, 0.6) is 0 Å². The summed E-state index contributed by atoms with van der Waals surface area (Å²) in [6.07, 6.45) is 8.02. The number of anilines is 1. The molecular formula is C15H21N7O. The number of amides is 2. The third-order valence-corrected chi connectivity index (χ3v) is 3.80. The Bertz CT molecular complexity index is 594. The van der Waals surface area contributed by atoms with Gasteiger partial charge in [-0.15, -0.1) is 0 Å². The SMILES string of the molecule is O=C(NCCCn1cccn1)N1CCN(c2ncccn2)CC1. The number of hydrogen-bond acceptors (Lipinski definition) is 5. The van der Waals surface area contributed by atoms with Crippen LogP contribution in [0, 0.1) is 0 Å². The van der Waals surface area contributed by atoms with Crippen LogP contribution in [-0.4, -0.2) is 63.4 Å². The maximum absolute atomic E-state index is 12.1. The fourth-order valence-corrected chi connectivity index (χ4v) is 2.54. The fraction of sp³-hybridized carbons (Fsp3) is 0.467. The smallest absolute Gasteiger partial charge is 0.317 e. The molecule has 122 valence electrons. The maximum atomic E-state index is 12.1. The van der Waals surface area contributed by atoms with Gasteiger partial charge in [-0.1, -0.05) is 0 Å². The van der Waals surface area contributed by atoms with Gasteiger partial charge in [-0.25, -0.2) is 14.8 Å². The maximum Gasteiger partial charge on any atom is 0.317 e. The van der Waals surface area contributed by atoms with Gasteiger partial charge in [-0.05, 0) is 18.6 Å². The molecule has 1 aliphatic heterocycles. The van der Waals surface area contributed by atoms with Crippen molar-refractivity contribution in [1.29, 1.82) is 0 Å². The largest absolute Gasteiger partial charge is 0.338 e. The molecule has 1 aliphatic rings. The number of aromatic nitrogens is 4. The molecule has 2 aromatic heterocycles. The molecule has 8 nitrogen and oxygen atoms in total. The lowest BCUT2D eigenvalue weighted by Crippen LogP contribution is -2.52. The first-order chi connectivity index (χ1) is 11.3. The highest BCUT2D eigenvalue weighted by Gasteiger charge is 2.21. The molecule has 8 heteroatoms. The molecule has 0 aromatic carbocycles. The first-order valence-electron chi connectivity index (χ1n) is 7.85. The molecule has 0 aliphatic carbocycles. The molecule has 1 saturated heterocycles. The predicted octanol–water partition coefficient (Wildman–Crippen LogP) is 0.595. The number of nitrogens with zero attached hydrogens (tertiary/aromatic N) is 6. The van der Waals surface area contributed by atoms with Crippen LogP contribution in [0.4, 0.5) is 10.7 Å². The summed E-state index contributed by atoms with van der Waals surface area (Å²) in [5.41, 5.74) is 0. The summed E-state index contributed by atoms with van der Waals surface area (Å²) < 4.78 is 1.87. The average molecular weight is 315 g/mol. The number of carbonyl (C=O) groups is 1. The van der Waals surface area contributed by atoms with Gasteiger partial charge >= 0.3 is 6.03 Å². The van der Waals surface area contributed by atoms with Gasteiger partial charge in [0.2, 0.25) is 5.95 Å². The summed E-state index contributed by atoms with van der Waals surface area (Å²) in [6.45, 7) is 4.34. The molecule has 0 spiro atoms. The fourth-order valence-electron chi connectivity index (χ4n) is 2.54. The van der Waals surface area contributed by atoms with E-state index in [4.69, 9.17) is 0 Å².